The third-order valence-corrected chi connectivity index (χ3v) is 5.01. The minimum Gasteiger partial charge on any atom is -0.477 e. The van der Waals surface area contributed by atoms with Gasteiger partial charge in [0.05, 0.1) is 10.7 Å². The lowest BCUT2D eigenvalue weighted by molar-refractivity contribution is 0.0693. The molecule has 0 saturated heterocycles. The van der Waals surface area contributed by atoms with E-state index < -0.39 is 11.5 Å². The second kappa shape index (κ2) is 5.44. The second-order valence-corrected chi connectivity index (χ2v) is 6.43. The summed E-state index contributed by atoms with van der Waals surface area (Å²) in [5.74, 6) is -1.17. The van der Waals surface area contributed by atoms with E-state index in [1.165, 1.54) is 21.6 Å². The zero-order valence-corrected chi connectivity index (χ0v) is 12.6. The van der Waals surface area contributed by atoms with Crippen molar-refractivity contribution in [3.8, 4) is 0 Å². The Hall–Kier alpha value is -1.95. The molecule has 3 rings (SSSR count). The van der Waals surface area contributed by atoms with Gasteiger partial charge in [0.1, 0.15) is 5.56 Å². The molecule has 0 saturated carbocycles. The van der Waals surface area contributed by atoms with E-state index in [0.29, 0.717) is 18.5 Å². The first kappa shape index (κ1) is 14.0. The Morgan fingerprint density at radius 1 is 1.48 bits per heavy atom. The van der Waals surface area contributed by atoms with E-state index in [9.17, 15) is 9.59 Å². The molecular formula is C15H16N2O3S. The largest absolute Gasteiger partial charge is 0.477 e. The molecule has 0 amide bonds. The van der Waals surface area contributed by atoms with Gasteiger partial charge in [0.2, 0.25) is 0 Å². The fourth-order valence-electron chi connectivity index (χ4n) is 2.67. The van der Waals surface area contributed by atoms with Crippen LogP contribution in [0.15, 0.2) is 17.1 Å². The summed E-state index contributed by atoms with van der Waals surface area (Å²) < 4.78 is 1.46. The Morgan fingerprint density at radius 3 is 3.00 bits per heavy atom. The van der Waals surface area contributed by atoms with Gasteiger partial charge in [-0.1, -0.05) is 0 Å². The van der Waals surface area contributed by atoms with E-state index in [4.69, 9.17) is 5.11 Å². The quantitative estimate of drug-likeness (QED) is 0.938. The highest BCUT2D eigenvalue weighted by atomic mass is 32.1. The van der Waals surface area contributed by atoms with E-state index in [-0.39, 0.29) is 5.56 Å². The van der Waals surface area contributed by atoms with Gasteiger partial charge in [0, 0.05) is 24.0 Å². The van der Waals surface area contributed by atoms with Crippen LogP contribution in [0.5, 0.6) is 0 Å². The van der Waals surface area contributed by atoms with Gasteiger partial charge in [-0.05, 0) is 37.8 Å². The van der Waals surface area contributed by atoms with Crippen molar-refractivity contribution in [3.63, 3.8) is 0 Å². The molecule has 0 spiro atoms. The molecular weight excluding hydrogens is 288 g/mol. The number of hydrogen-bond donors (Lipinski definition) is 1. The van der Waals surface area contributed by atoms with E-state index in [1.807, 2.05) is 0 Å². The van der Waals surface area contributed by atoms with E-state index in [2.05, 4.69) is 4.98 Å². The highest BCUT2D eigenvalue weighted by Crippen LogP contribution is 2.27. The number of hydrogen-bond acceptors (Lipinski definition) is 4. The third kappa shape index (κ3) is 2.63. The molecule has 1 N–H and O–H groups in total. The molecule has 2 heterocycles. The van der Waals surface area contributed by atoms with Gasteiger partial charge in [0.15, 0.2) is 0 Å². The van der Waals surface area contributed by atoms with Gasteiger partial charge < -0.3 is 9.67 Å². The number of carbonyl (C=O) groups is 1. The predicted octanol–water partition coefficient (Wildman–Crippen LogP) is 2.04. The van der Waals surface area contributed by atoms with Crippen LogP contribution >= 0.6 is 11.3 Å². The molecule has 21 heavy (non-hydrogen) atoms. The topological polar surface area (TPSA) is 72.2 Å². The maximum atomic E-state index is 12.2. The molecule has 2 aromatic rings. The molecule has 5 nitrogen and oxygen atoms in total. The lowest BCUT2D eigenvalue weighted by Gasteiger charge is -2.07. The molecule has 110 valence electrons. The average molecular weight is 304 g/mol. The van der Waals surface area contributed by atoms with Crippen LogP contribution in [0, 0.1) is 6.92 Å². The summed E-state index contributed by atoms with van der Waals surface area (Å²) in [4.78, 5) is 29.3. The fourth-order valence-corrected chi connectivity index (χ4v) is 3.81. The third-order valence-electron chi connectivity index (χ3n) is 3.79. The summed E-state index contributed by atoms with van der Waals surface area (Å²) in [5, 5.41) is 10.1. The smallest absolute Gasteiger partial charge is 0.341 e. The van der Waals surface area contributed by atoms with Gasteiger partial charge in [-0.25, -0.2) is 9.78 Å². The number of pyridine rings is 1. The summed E-state index contributed by atoms with van der Waals surface area (Å²) >= 11 is 1.72. The highest BCUT2D eigenvalue weighted by molar-refractivity contribution is 7.11. The number of nitrogens with zero attached hydrogens (tertiary/aromatic N) is 2. The normalized spacial score (nSPS) is 13.4. The van der Waals surface area contributed by atoms with Crippen LogP contribution in [0.1, 0.15) is 37.9 Å². The standard InChI is InChI=1S/C15H16N2O3S/c1-9-5-7-17(14(18)13(9)15(19)20)8-6-12-16-10-3-2-4-11(10)21-12/h5,7H,2-4,6,8H2,1H3,(H,19,20). The minimum absolute atomic E-state index is 0.140. The Labute approximate surface area is 125 Å². The average Bonchev–Trinajstić information content (AvgIpc) is 2.98. The minimum atomic E-state index is -1.17. The zero-order valence-electron chi connectivity index (χ0n) is 11.8. The fraction of sp³-hybridized carbons (Fsp3) is 0.400. The van der Waals surface area contributed by atoms with Gasteiger partial charge >= 0.3 is 5.97 Å². The lowest BCUT2D eigenvalue weighted by Crippen LogP contribution is -2.27. The van der Waals surface area contributed by atoms with Gasteiger partial charge in [0.25, 0.3) is 5.56 Å². The maximum Gasteiger partial charge on any atom is 0.341 e. The number of aromatic nitrogens is 2. The van der Waals surface area contributed by atoms with Crippen molar-refractivity contribution in [2.24, 2.45) is 0 Å². The van der Waals surface area contributed by atoms with Gasteiger partial charge in [-0.2, -0.15) is 0 Å². The molecule has 0 aliphatic heterocycles. The van der Waals surface area contributed by atoms with Gasteiger partial charge in [-0.3, -0.25) is 4.79 Å². The maximum absolute atomic E-state index is 12.2. The van der Waals surface area contributed by atoms with Crippen LogP contribution in [0.4, 0.5) is 0 Å². The van der Waals surface area contributed by atoms with Crippen LogP contribution in [-0.2, 0) is 25.8 Å². The van der Waals surface area contributed by atoms with Crippen LogP contribution in [0.25, 0.3) is 0 Å². The van der Waals surface area contributed by atoms with Crippen LogP contribution in [0.3, 0.4) is 0 Å². The SMILES string of the molecule is Cc1ccn(CCc2nc3c(s2)CCC3)c(=O)c1C(=O)O. The van der Waals surface area contributed by atoms with Gasteiger partial charge in [-0.15, -0.1) is 11.3 Å². The molecule has 1 aliphatic rings. The molecule has 0 aromatic carbocycles. The number of aromatic carboxylic acids is 1. The van der Waals surface area contributed by atoms with Crippen molar-refractivity contribution in [1.29, 1.82) is 0 Å². The van der Waals surface area contributed by atoms with Crippen LogP contribution in [0.2, 0.25) is 0 Å². The first-order chi connectivity index (χ1) is 10.1. The summed E-state index contributed by atoms with van der Waals surface area (Å²) in [6, 6.07) is 1.67. The Morgan fingerprint density at radius 2 is 2.29 bits per heavy atom. The molecule has 0 fully saturated rings. The van der Waals surface area contributed by atoms with Crippen LogP contribution < -0.4 is 5.56 Å². The molecule has 1 aliphatic carbocycles. The number of aryl methyl sites for hydroxylation is 5. The monoisotopic (exact) mass is 304 g/mol. The zero-order chi connectivity index (χ0) is 15.0. The Balaban J connectivity index is 1.80. The Bertz CT molecular complexity index is 739. The van der Waals surface area contributed by atoms with Crippen molar-refractivity contribution < 1.29 is 9.90 Å². The van der Waals surface area contributed by atoms with E-state index >= 15 is 0 Å². The van der Waals surface area contributed by atoms with E-state index in [1.54, 1.807) is 30.5 Å². The number of rotatable bonds is 4. The Kier molecular flexibility index (Phi) is 3.63. The highest BCUT2D eigenvalue weighted by Gasteiger charge is 2.17. The first-order valence-corrected chi connectivity index (χ1v) is 7.78. The summed E-state index contributed by atoms with van der Waals surface area (Å²) in [6.07, 6.45) is 5.68. The molecule has 0 bridgehead atoms. The number of carboxylic acids is 1. The van der Waals surface area contributed by atoms with E-state index in [0.717, 1.165) is 17.8 Å². The first-order valence-electron chi connectivity index (χ1n) is 6.97. The number of carboxylic acid groups (broad SMARTS) is 1. The van der Waals surface area contributed by atoms with Crippen molar-refractivity contribution in [1.82, 2.24) is 9.55 Å². The molecule has 0 unspecified atom stereocenters. The molecule has 6 heteroatoms. The van der Waals surface area contributed by atoms with Crippen molar-refractivity contribution in [3.05, 3.63) is 49.3 Å². The predicted molar refractivity (Wildman–Crippen MR) is 80.2 cm³/mol. The van der Waals surface area contributed by atoms with Crippen molar-refractivity contribution in [2.45, 2.75) is 39.2 Å². The second-order valence-electron chi connectivity index (χ2n) is 5.26. The summed E-state index contributed by atoms with van der Waals surface area (Å²) in [5.41, 5.74) is 1.13. The number of thiazole rings is 1. The summed E-state index contributed by atoms with van der Waals surface area (Å²) in [6.45, 7) is 2.10. The lowest BCUT2D eigenvalue weighted by atomic mass is 10.1. The molecule has 2 aromatic heterocycles. The summed E-state index contributed by atoms with van der Waals surface area (Å²) in [7, 11) is 0. The van der Waals surface area contributed by atoms with Crippen molar-refractivity contribution in [2.75, 3.05) is 0 Å². The molecule has 0 atom stereocenters. The van der Waals surface area contributed by atoms with Crippen molar-refractivity contribution >= 4 is 17.3 Å². The molecule has 0 radical (unpaired) electrons. The number of fused-ring (bicyclic) bond motifs is 1. The van der Waals surface area contributed by atoms with Crippen LogP contribution in [-0.4, -0.2) is 20.6 Å².